The van der Waals surface area contributed by atoms with Crippen LogP contribution in [0.25, 0.3) is 0 Å². The second kappa shape index (κ2) is 14.3. The standard InChI is InChI=1S/C16H35N3O2/c1-4-6-9-18-16(20)13-19(10-5-2)12-15(3)14-21-11-7-8-17/h15H,4-14,17H2,1-3H3,(H,18,20). The summed E-state index contributed by atoms with van der Waals surface area (Å²) in [6.45, 7) is 11.7. The van der Waals surface area contributed by atoms with Crippen molar-refractivity contribution in [2.45, 2.75) is 46.5 Å². The van der Waals surface area contributed by atoms with Crippen molar-refractivity contribution >= 4 is 5.91 Å². The molecule has 1 atom stereocenters. The number of nitrogens with two attached hydrogens (primary N) is 1. The fourth-order valence-corrected chi connectivity index (χ4v) is 2.18. The number of amides is 1. The van der Waals surface area contributed by atoms with E-state index in [0.717, 1.165) is 58.5 Å². The summed E-state index contributed by atoms with van der Waals surface area (Å²) in [7, 11) is 0. The van der Waals surface area contributed by atoms with Crippen LogP contribution < -0.4 is 11.1 Å². The van der Waals surface area contributed by atoms with Crippen molar-refractivity contribution < 1.29 is 9.53 Å². The minimum atomic E-state index is 0.133. The first-order valence-corrected chi connectivity index (χ1v) is 8.40. The van der Waals surface area contributed by atoms with E-state index in [4.69, 9.17) is 10.5 Å². The quantitative estimate of drug-likeness (QED) is 0.478. The van der Waals surface area contributed by atoms with Crippen LogP contribution in [0.4, 0.5) is 0 Å². The maximum atomic E-state index is 11.9. The Morgan fingerprint density at radius 2 is 2.05 bits per heavy atom. The Balaban J connectivity index is 3.95. The molecule has 0 aliphatic carbocycles. The summed E-state index contributed by atoms with van der Waals surface area (Å²) in [5, 5.41) is 2.98. The molecule has 0 saturated heterocycles. The molecule has 126 valence electrons. The van der Waals surface area contributed by atoms with Gasteiger partial charge in [-0.25, -0.2) is 0 Å². The third kappa shape index (κ3) is 12.8. The molecule has 0 aromatic rings. The highest BCUT2D eigenvalue weighted by atomic mass is 16.5. The number of carbonyl (C=O) groups excluding carboxylic acids is 1. The van der Waals surface area contributed by atoms with E-state index in [1.54, 1.807) is 0 Å². The number of carbonyl (C=O) groups is 1. The fourth-order valence-electron chi connectivity index (χ4n) is 2.18. The van der Waals surface area contributed by atoms with Crippen LogP contribution in [0, 0.1) is 5.92 Å². The van der Waals surface area contributed by atoms with Crippen LogP contribution in [0.5, 0.6) is 0 Å². The lowest BCUT2D eigenvalue weighted by atomic mass is 10.1. The Morgan fingerprint density at radius 3 is 2.67 bits per heavy atom. The van der Waals surface area contributed by atoms with Crippen molar-refractivity contribution in [1.29, 1.82) is 0 Å². The molecule has 3 N–H and O–H groups in total. The van der Waals surface area contributed by atoms with Gasteiger partial charge in [0.2, 0.25) is 5.91 Å². The summed E-state index contributed by atoms with van der Waals surface area (Å²) < 4.78 is 5.59. The van der Waals surface area contributed by atoms with E-state index in [2.05, 4.69) is 31.0 Å². The minimum absolute atomic E-state index is 0.133. The van der Waals surface area contributed by atoms with Crippen molar-refractivity contribution in [3.63, 3.8) is 0 Å². The first-order chi connectivity index (χ1) is 10.1. The summed E-state index contributed by atoms with van der Waals surface area (Å²) in [6.07, 6.45) is 4.12. The fraction of sp³-hybridized carbons (Fsp3) is 0.938. The highest BCUT2D eigenvalue weighted by Gasteiger charge is 2.13. The van der Waals surface area contributed by atoms with Gasteiger partial charge in [-0.1, -0.05) is 27.2 Å². The number of hydrogen-bond acceptors (Lipinski definition) is 4. The summed E-state index contributed by atoms with van der Waals surface area (Å²) >= 11 is 0. The van der Waals surface area contributed by atoms with Crippen molar-refractivity contribution in [3.05, 3.63) is 0 Å². The molecule has 0 aliphatic rings. The molecular weight excluding hydrogens is 266 g/mol. The summed E-state index contributed by atoms with van der Waals surface area (Å²) in [4.78, 5) is 14.1. The molecule has 5 heteroatoms. The van der Waals surface area contributed by atoms with Crippen LogP contribution in [-0.2, 0) is 9.53 Å². The van der Waals surface area contributed by atoms with E-state index < -0.39 is 0 Å². The van der Waals surface area contributed by atoms with Crippen molar-refractivity contribution in [1.82, 2.24) is 10.2 Å². The molecule has 0 fully saturated rings. The molecule has 5 nitrogen and oxygen atoms in total. The SMILES string of the molecule is CCCCNC(=O)CN(CCC)CC(C)COCCCN. The molecule has 0 rings (SSSR count). The first kappa shape index (κ1) is 20.3. The number of hydrogen-bond donors (Lipinski definition) is 2. The average Bonchev–Trinajstić information content (AvgIpc) is 2.44. The van der Waals surface area contributed by atoms with Gasteiger partial charge in [-0.05, 0) is 38.3 Å². The highest BCUT2D eigenvalue weighted by Crippen LogP contribution is 2.02. The lowest BCUT2D eigenvalue weighted by Crippen LogP contribution is -2.40. The molecule has 21 heavy (non-hydrogen) atoms. The number of rotatable bonds is 14. The van der Waals surface area contributed by atoms with E-state index in [-0.39, 0.29) is 5.91 Å². The summed E-state index contributed by atoms with van der Waals surface area (Å²) in [5.74, 6) is 0.561. The third-order valence-electron chi connectivity index (χ3n) is 3.22. The van der Waals surface area contributed by atoms with Gasteiger partial charge in [0.05, 0.1) is 13.2 Å². The van der Waals surface area contributed by atoms with Crippen molar-refractivity contribution in [2.24, 2.45) is 11.7 Å². The molecule has 0 spiro atoms. The van der Waals surface area contributed by atoms with Crippen LogP contribution >= 0.6 is 0 Å². The van der Waals surface area contributed by atoms with E-state index >= 15 is 0 Å². The van der Waals surface area contributed by atoms with E-state index in [0.29, 0.717) is 19.0 Å². The normalized spacial score (nSPS) is 12.6. The predicted molar refractivity (Wildman–Crippen MR) is 88.3 cm³/mol. The van der Waals surface area contributed by atoms with Gasteiger partial charge in [-0.2, -0.15) is 0 Å². The van der Waals surface area contributed by atoms with Crippen molar-refractivity contribution in [2.75, 3.05) is 45.9 Å². The van der Waals surface area contributed by atoms with Crippen LogP contribution in [-0.4, -0.2) is 56.7 Å². The van der Waals surface area contributed by atoms with Crippen LogP contribution in [0.15, 0.2) is 0 Å². The summed E-state index contributed by atoms with van der Waals surface area (Å²) in [6, 6.07) is 0. The molecule has 0 heterocycles. The Labute approximate surface area is 130 Å². The van der Waals surface area contributed by atoms with Gasteiger partial charge in [0.15, 0.2) is 0 Å². The molecular formula is C16H35N3O2. The number of unbranched alkanes of at least 4 members (excludes halogenated alkanes) is 1. The molecule has 0 aliphatic heterocycles. The zero-order chi connectivity index (χ0) is 15.9. The lowest BCUT2D eigenvalue weighted by Gasteiger charge is -2.24. The number of nitrogens with one attached hydrogen (secondary N) is 1. The predicted octanol–water partition coefficient (Wildman–Crippen LogP) is 1.62. The monoisotopic (exact) mass is 301 g/mol. The van der Waals surface area contributed by atoms with Gasteiger partial charge >= 0.3 is 0 Å². The zero-order valence-electron chi connectivity index (χ0n) is 14.2. The molecule has 0 aromatic heterocycles. The topological polar surface area (TPSA) is 67.6 Å². The highest BCUT2D eigenvalue weighted by molar-refractivity contribution is 5.77. The van der Waals surface area contributed by atoms with Gasteiger partial charge < -0.3 is 15.8 Å². The molecule has 1 amide bonds. The lowest BCUT2D eigenvalue weighted by molar-refractivity contribution is -0.122. The maximum absolute atomic E-state index is 11.9. The zero-order valence-corrected chi connectivity index (χ0v) is 14.2. The maximum Gasteiger partial charge on any atom is 0.234 e. The Kier molecular flexibility index (Phi) is 13.9. The smallest absolute Gasteiger partial charge is 0.234 e. The minimum Gasteiger partial charge on any atom is -0.381 e. The van der Waals surface area contributed by atoms with Crippen molar-refractivity contribution in [3.8, 4) is 0 Å². The van der Waals surface area contributed by atoms with E-state index in [1.165, 1.54) is 0 Å². The van der Waals surface area contributed by atoms with Gasteiger partial charge in [-0.3, -0.25) is 9.69 Å². The first-order valence-electron chi connectivity index (χ1n) is 8.40. The van der Waals surface area contributed by atoms with E-state index in [9.17, 15) is 4.79 Å². The van der Waals surface area contributed by atoms with Crippen LogP contribution in [0.3, 0.4) is 0 Å². The van der Waals surface area contributed by atoms with Gasteiger partial charge in [0, 0.05) is 19.7 Å². The average molecular weight is 301 g/mol. The third-order valence-corrected chi connectivity index (χ3v) is 3.22. The number of ether oxygens (including phenoxy) is 1. The Morgan fingerprint density at radius 1 is 1.29 bits per heavy atom. The van der Waals surface area contributed by atoms with Gasteiger partial charge in [-0.15, -0.1) is 0 Å². The van der Waals surface area contributed by atoms with Crippen LogP contribution in [0.1, 0.15) is 46.5 Å². The molecule has 1 unspecified atom stereocenters. The van der Waals surface area contributed by atoms with Crippen LogP contribution in [0.2, 0.25) is 0 Å². The molecule has 0 radical (unpaired) electrons. The number of nitrogens with zero attached hydrogens (tertiary/aromatic N) is 1. The summed E-state index contributed by atoms with van der Waals surface area (Å²) in [5.41, 5.74) is 5.44. The second-order valence-corrected chi connectivity index (χ2v) is 5.76. The second-order valence-electron chi connectivity index (χ2n) is 5.76. The molecule has 0 aromatic carbocycles. The van der Waals surface area contributed by atoms with Gasteiger partial charge in [0.1, 0.15) is 0 Å². The van der Waals surface area contributed by atoms with E-state index in [1.807, 2.05) is 0 Å². The largest absolute Gasteiger partial charge is 0.381 e. The Hall–Kier alpha value is -0.650. The Bertz CT molecular complexity index is 250. The molecule has 0 saturated carbocycles. The molecule has 0 bridgehead atoms. The van der Waals surface area contributed by atoms with Gasteiger partial charge in [0.25, 0.3) is 0 Å².